The summed E-state index contributed by atoms with van der Waals surface area (Å²) in [6.45, 7) is 4.28. The Morgan fingerprint density at radius 1 is 1.22 bits per heavy atom. The van der Waals surface area contributed by atoms with Gasteiger partial charge in [-0.05, 0) is 90.2 Å². The van der Waals surface area contributed by atoms with Crippen LogP contribution in [-0.2, 0) is 14.2 Å². The summed E-state index contributed by atoms with van der Waals surface area (Å²) in [5.41, 5.74) is 4.61. The van der Waals surface area contributed by atoms with Crippen LogP contribution in [0, 0.1) is 21.3 Å². The molecule has 2 saturated heterocycles. The normalized spacial score (nSPS) is 26.1. The second-order valence-corrected chi connectivity index (χ2v) is 11.6. The van der Waals surface area contributed by atoms with Crippen molar-refractivity contribution in [1.29, 1.82) is 0 Å². The third-order valence-corrected chi connectivity index (χ3v) is 8.84. The van der Waals surface area contributed by atoms with Gasteiger partial charge in [-0.25, -0.2) is 0 Å². The number of aromatic hydroxyl groups is 1. The number of nitrogens with zero attached hydrogens (tertiary/aromatic N) is 1. The number of imide groups is 1. The molecule has 200 valence electrons. The third kappa shape index (κ3) is 5.64. The number of hydrogen-bond acceptors (Lipinski definition) is 6. The SMILES string of the molecule is CCCC1=C2[C@@H](CC/C(=C/c3cc(I)c(O)c(OC)c3)CCC)OB(O)C[C@@H]2[C@@H]2C(=O)N(C)C(=O)[C@@H]2C1. The zero-order chi connectivity index (χ0) is 26.9. The molecule has 9 heteroatoms. The molecule has 1 aliphatic carbocycles. The van der Waals surface area contributed by atoms with Crippen LogP contribution in [0.4, 0.5) is 0 Å². The summed E-state index contributed by atoms with van der Waals surface area (Å²) in [4.78, 5) is 27.2. The zero-order valence-electron chi connectivity index (χ0n) is 22.1. The number of phenols is 1. The van der Waals surface area contributed by atoms with Crippen molar-refractivity contribution in [2.45, 2.75) is 71.2 Å². The molecule has 0 radical (unpaired) electrons. The fourth-order valence-corrected chi connectivity index (χ4v) is 7.06. The lowest BCUT2D eigenvalue weighted by Crippen LogP contribution is -2.46. The van der Waals surface area contributed by atoms with Crippen molar-refractivity contribution in [2.24, 2.45) is 17.8 Å². The highest BCUT2D eigenvalue weighted by molar-refractivity contribution is 14.1. The molecule has 2 amide bonds. The third-order valence-electron chi connectivity index (χ3n) is 8.02. The molecule has 0 unspecified atom stereocenters. The first-order valence-electron chi connectivity index (χ1n) is 13.3. The summed E-state index contributed by atoms with van der Waals surface area (Å²) in [6, 6.07) is 3.78. The summed E-state index contributed by atoms with van der Waals surface area (Å²) >= 11 is 2.10. The van der Waals surface area contributed by atoms with E-state index in [-0.39, 0.29) is 35.5 Å². The fraction of sp³-hybridized carbons (Fsp3) is 0.571. The number of allylic oxidation sites excluding steroid dienone is 2. The molecule has 4 rings (SSSR count). The predicted octanol–water partition coefficient (Wildman–Crippen LogP) is 5.20. The second kappa shape index (κ2) is 11.9. The van der Waals surface area contributed by atoms with Crippen molar-refractivity contribution in [3.05, 3.63) is 38.0 Å². The van der Waals surface area contributed by atoms with E-state index in [9.17, 15) is 19.7 Å². The molecule has 0 spiro atoms. The van der Waals surface area contributed by atoms with Gasteiger partial charge in [0.25, 0.3) is 0 Å². The summed E-state index contributed by atoms with van der Waals surface area (Å²) in [5.74, 6) is -0.493. The molecule has 2 N–H and O–H groups in total. The Labute approximate surface area is 233 Å². The molecule has 37 heavy (non-hydrogen) atoms. The van der Waals surface area contributed by atoms with E-state index in [1.807, 2.05) is 12.1 Å². The van der Waals surface area contributed by atoms with Gasteiger partial charge >= 0.3 is 7.12 Å². The van der Waals surface area contributed by atoms with E-state index in [2.05, 4.69) is 42.5 Å². The predicted molar refractivity (Wildman–Crippen MR) is 152 cm³/mol. The van der Waals surface area contributed by atoms with Gasteiger partial charge in [-0.15, -0.1) is 0 Å². The van der Waals surface area contributed by atoms with Crippen LogP contribution in [-0.4, -0.2) is 54.2 Å². The number of methoxy groups -OCH3 is 1. The van der Waals surface area contributed by atoms with Crippen LogP contribution in [0.15, 0.2) is 28.9 Å². The fourth-order valence-electron chi connectivity index (χ4n) is 6.44. The van der Waals surface area contributed by atoms with Crippen LogP contribution in [0.1, 0.15) is 64.4 Å². The summed E-state index contributed by atoms with van der Waals surface area (Å²) in [7, 11) is 2.18. The Morgan fingerprint density at radius 3 is 2.65 bits per heavy atom. The Morgan fingerprint density at radius 2 is 1.97 bits per heavy atom. The molecule has 2 fully saturated rings. The molecule has 1 aromatic carbocycles. The lowest BCUT2D eigenvalue weighted by molar-refractivity contribution is -0.138. The first kappa shape index (κ1) is 28.2. The van der Waals surface area contributed by atoms with Crippen LogP contribution in [0.5, 0.6) is 11.5 Å². The van der Waals surface area contributed by atoms with E-state index in [4.69, 9.17) is 9.39 Å². The van der Waals surface area contributed by atoms with Gasteiger partial charge in [-0.1, -0.05) is 43.9 Å². The maximum Gasteiger partial charge on any atom is 0.455 e. The smallest absolute Gasteiger partial charge is 0.455 e. The maximum atomic E-state index is 13.1. The molecule has 7 nitrogen and oxygen atoms in total. The van der Waals surface area contributed by atoms with Crippen molar-refractivity contribution in [1.82, 2.24) is 4.90 Å². The number of likely N-dealkylation sites (tertiary alicyclic amines) is 1. The Kier molecular flexibility index (Phi) is 9.06. The Hall–Kier alpha value is -1.85. The van der Waals surface area contributed by atoms with Gasteiger partial charge in [0.05, 0.1) is 28.6 Å². The maximum absolute atomic E-state index is 13.1. The monoisotopic (exact) mass is 621 g/mol. The minimum atomic E-state index is -0.948. The van der Waals surface area contributed by atoms with Crippen molar-refractivity contribution in [3.8, 4) is 11.5 Å². The number of phenolic OH excluding ortho intramolecular Hbond substituents is 1. The van der Waals surface area contributed by atoms with E-state index < -0.39 is 13.0 Å². The summed E-state index contributed by atoms with van der Waals surface area (Å²) < 4.78 is 12.2. The first-order valence-corrected chi connectivity index (χ1v) is 14.4. The van der Waals surface area contributed by atoms with Crippen molar-refractivity contribution < 1.29 is 29.1 Å². The molecular weight excluding hydrogens is 584 g/mol. The quantitative estimate of drug-likeness (QED) is 0.171. The van der Waals surface area contributed by atoms with Gasteiger partial charge in [0.15, 0.2) is 11.5 Å². The molecule has 1 aromatic rings. The number of hydrogen-bond donors (Lipinski definition) is 2. The van der Waals surface area contributed by atoms with Crippen molar-refractivity contribution in [3.63, 3.8) is 0 Å². The van der Waals surface area contributed by atoms with Crippen molar-refractivity contribution >= 4 is 47.6 Å². The number of carbonyl (C=O) groups is 2. The lowest BCUT2D eigenvalue weighted by Gasteiger charge is -2.43. The van der Waals surface area contributed by atoms with Crippen LogP contribution >= 0.6 is 22.6 Å². The van der Waals surface area contributed by atoms with Gasteiger partial charge in [0.2, 0.25) is 11.8 Å². The molecule has 3 aliphatic rings. The van der Waals surface area contributed by atoms with Crippen LogP contribution in [0.25, 0.3) is 6.08 Å². The molecule has 4 atom stereocenters. The number of rotatable bonds is 9. The average molecular weight is 621 g/mol. The highest BCUT2D eigenvalue weighted by Gasteiger charge is 2.56. The summed E-state index contributed by atoms with van der Waals surface area (Å²) in [5, 5.41) is 20.9. The minimum Gasteiger partial charge on any atom is -0.504 e. The van der Waals surface area contributed by atoms with Gasteiger partial charge in [0, 0.05) is 7.05 Å². The number of halogens is 1. The van der Waals surface area contributed by atoms with Gasteiger partial charge in [0.1, 0.15) is 0 Å². The molecule has 0 bridgehead atoms. The standard InChI is InChI=1S/C28H37BINO6/c1-5-7-16(11-17-12-21(30)26(32)23(13-17)36-4)9-10-22-24-18(8-6-2)14-19-25(20(24)15-29(35)37-22)28(34)31(3)27(19)33/h11-13,19-20,22,25,32,35H,5-10,14-15H2,1-4H3/b16-11+/t19-,20+,22-,25-/m1/s1. The van der Waals surface area contributed by atoms with Crippen molar-refractivity contribution in [2.75, 3.05) is 14.2 Å². The van der Waals surface area contributed by atoms with E-state index in [0.717, 1.165) is 46.8 Å². The Bertz CT molecular complexity index is 1120. The van der Waals surface area contributed by atoms with Gasteiger partial charge < -0.3 is 19.5 Å². The summed E-state index contributed by atoms with van der Waals surface area (Å²) in [6.07, 6.45) is 8.06. The largest absolute Gasteiger partial charge is 0.504 e. The van der Waals surface area contributed by atoms with E-state index in [1.54, 1.807) is 14.2 Å². The number of benzene rings is 1. The highest BCUT2D eigenvalue weighted by Crippen LogP contribution is 2.51. The van der Waals surface area contributed by atoms with Gasteiger partial charge in [-0.2, -0.15) is 0 Å². The molecule has 0 saturated carbocycles. The number of ether oxygens (including phenoxy) is 1. The first-order chi connectivity index (χ1) is 17.7. The molecular formula is C28H37BINO6. The second-order valence-electron chi connectivity index (χ2n) is 10.4. The average Bonchev–Trinajstić information content (AvgIpc) is 3.08. The zero-order valence-corrected chi connectivity index (χ0v) is 24.3. The van der Waals surface area contributed by atoms with Crippen LogP contribution < -0.4 is 4.74 Å². The molecule has 0 aromatic heterocycles. The number of carbonyl (C=O) groups excluding carboxylic acids is 2. The van der Waals surface area contributed by atoms with Crippen LogP contribution in [0.3, 0.4) is 0 Å². The van der Waals surface area contributed by atoms with E-state index >= 15 is 0 Å². The van der Waals surface area contributed by atoms with E-state index in [0.29, 0.717) is 24.9 Å². The lowest BCUT2D eigenvalue weighted by atomic mass is 9.58. The Balaban J connectivity index is 1.63. The van der Waals surface area contributed by atoms with Gasteiger partial charge in [-0.3, -0.25) is 14.5 Å². The minimum absolute atomic E-state index is 0.0905. The van der Waals surface area contributed by atoms with E-state index in [1.165, 1.54) is 16.0 Å². The highest BCUT2D eigenvalue weighted by atomic mass is 127. The number of fused-ring (bicyclic) bond motifs is 3. The molecule has 2 aliphatic heterocycles. The molecule has 2 heterocycles. The van der Waals surface area contributed by atoms with Crippen LogP contribution in [0.2, 0.25) is 6.32 Å². The number of amides is 2. The topological polar surface area (TPSA) is 96.3 Å².